The van der Waals surface area contributed by atoms with Crippen molar-refractivity contribution >= 4 is 5.91 Å². The third-order valence-electron chi connectivity index (χ3n) is 6.40. The summed E-state index contributed by atoms with van der Waals surface area (Å²) in [5, 5.41) is 0. The van der Waals surface area contributed by atoms with Crippen LogP contribution in [0, 0.1) is 5.41 Å². The Hall–Kier alpha value is -0.570. The minimum Gasteiger partial charge on any atom is -0.341 e. The first-order valence-corrected chi connectivity index (χ1v) is 8.80. The monoisotopic (exact) mass is 296 g/mol. The average molecular weight is 296 g/mol. The molecule has 1 rings (SSSR count). The maximum atomic E-state index is 12.8. The summed E-state index contributed by atoms with van der Waals surface area (Å²) in [6, 6.07) is 0.382. The van der Waals surface area contributed by atoms with Crippen LogP contribution < -0.4 is 0 Å². The van der Waals surface area contributed by atoms with Crippen molar-refractivity contribution < 1.29 is 4.79 Å². The Balaban J connectivity index is 2.75. The van der Waals surface area contributed by atoms with Crippen molar-refractivity contribution in [1.29, 1.82) is 0 Å². The molecule has 0 bridgehead atoms. The second-order valence-corrected chi connectivity index (χ2v) is 7.28. The summed E-state index contributed by atoms with van der Waals surface area (Å²) in [5.41, 5.74) is 0.0957. The fourth-order valence-corrected chi connectivity index (χ4v) is 3.39. The normalized spacial score (nSPS) is 20.8. The fourth-order valence-electron chi connectivity index (χ4n) is 3.39. The quantitative estimate of drug-likeness (QED) is 0.711. The number of carbonyl (C=O) groups is 1. The number of nitrogens with zero attached hydrogens (tertiary/aromatic N) is 2. The Morgan fingerprint density at radius 2 is 1.62 bits per heavy atom. The van der Waals surface area contributed by atoms with E-state index in [-0.39, 0.29) is 11.0 Å². The van der Waals surface area contributed by atoms with Crippen LogP contribution >= 0.6 is 0 Å². The van der Waals surface area contributed by atoms with Gasteiger partial charge < -0.3 is 4.90 Å². The maximum absolute atomic E-state index is 12.8. The Kier molecular flexibility index (Phi) is 6.27. The molecule has 0 aromatic rings. The van der Waals surface area contributed by atoms with Gasteiger partial charge in [0.1, 0.15) is 0 Å². The molecule has 1 amide bonds. The second-order valence-electron chi connectivity index (χ2n) is 7.28. The Morgan fingerprint density at radius 1 is 1.10 bits per heavy atom. The van der Waals surface area contributed by atoms with Crippen molar-refractivity contribution in [2.24, 2.45) is 5.41 Å². The number of likely N-dealkylation sites (tertiary alicyclic amines) is 1. The lowest BCUT2D eigenvalue weighted by Crippen LogP contribution is -2.49. The number of rotatable bonds is 7. The van der Waals surface area contributed by atoms with Gasteiger partial charge in [0, 0.05) is 37.1 Å². The van der Waals surface area contributed by atoms with Gasteiger partial charge in [-0.15, -0.1) is 0 Å². The second kappa shape index (κ2) is 7.13. The number of amides is 1. The standard InChI is InChI=1S/C18H36N2O/c1-8-17(5,9-2)16(21)19(7)15-12-13-20(14-15)18(6,10-3)11-4/h15H,8-14H2,1-7H3. The molecule has 3 heteroatoms. The number of hydrogen-bond acceptors (Lipinski definition) is 2. The molecule has 1 aliphatic heterocycles. The highest BCUT2D eigenvalue weighted by atomic mass is 16.2. The molecule has 0 aromatic heterocycles. The molecule has 1 fully saturated rings. The zero-order valence-electron chi connectivity index (χ0n) is 15.3. The first-order valence-electron chi connectivity index (χ1n) is 8.80. The van der Waals surface area contributed by atoms with Crippen molar-refractivity contribution in [2.45, 2.75) is 85.2 Å². The largest absolute Gasteiger partial charge is 0.341 e. The van der Waals surface area contributed by atoms with Crippen LogP contribution in [0.25, 0.3) is 0 Å². The van der Waals surface area contributed by atoms with Gasteiger partial charge in [-0.1, -0.05) is 34.6 Å². The number of carbonyl (C=O) groups excluding carboxylic acids is 1. The molecule has 1 heterocycles. The van der Waals surface area contributed by atoms with Crippen LogP contribution in [-0.4, -0.2) is 47.4 Å². The van der Waals surface area contributed by atoms with Crippen molar-refractivity contribution in [1.82, 2.24) is 9.80 Å². The molecule has 0 aliphatic carbocycles. The van der Waals surface area contributed by atoms with Gasteiger partial charge in [0.15, 0.2) is 0 Å². The van der Waals surface area contributed by atoms with Crippen LogP contribution in [-0.2, 0) is 4.79 Å². The van der Waals surface area contributed by atoms with Crippen molar-refractivity contribution in [3.8, 4) is 0 Å². The van der Waals surface area contributed by atoms with Gasteiger partial charge in [-0.05, 0) is 39.0 Å². The summed E-state index contributed by atoms with van der Waals surface area (Å²) in [7, 11) is 2.01. The minimum absolute atomic E-state index is 0.193. The molecule has 124 valence electrons. The molecule has 0 N–H and O–H groups in total. The van der Waals surface area contributed by atoms with Gasteiger partial charge >= 0.3 is 0 Å². The third kappa shape index (κ3) is 3.61. The topological polar surface area (TPSA) is 23.6 Å². The van der Waals surface area contributed by atoms with E-state index in [1.54, 1.807) is 0 Å². The van der Waals surface area contributed by atoms with Crippen LogP contribution in [0.4, 0.5) is 0 Å². The van der Waals surface area contributed by atoms with E-state index in [2.05, 4.69) is 46.4 Å². The van der Waals surface area contributed by atoms with Gasteiger partial charge in [-0.2, -0.15) is 0 Å². The zero-order valence-corrected chi connectivity index (χ0v) is 15.3. The SMILES string of the molecule is CCC(C)(CC)C(=O)N(C)C1CCN(C(C)(CC)CC)C1. The number of likely N-dealkylation sites (N-methyl/N-ethyl adjacent to an activating group) is 1. The lowest BCUT2D eigenvalue weighted by molar-refractivity contribution is -0.142. The summed E-state index contributed by atoms with van der Waals surface area (Å²) in [4.78, 5) is 17.5. The third-order valence-corrected chi connectivity index (χ3v) is 6.40. The molecule has 3 nitrogen and oxygen atoms in total. The maximum Gasteiger partial charge on any atom is 0.228 e. The van der Waals surface area contributed by atoms with E-state index < -0.39 is 0 Å². The molecular formula is C18H36N2O. The molecule has 0 aromatic carbocycles. The van der Waals surface area contributed by atoms with E-state index >= 15 is 0 Å². The van der Waals surface area contributed by atoms with E-state index in [0.717, 1.165) is 32.4 Å². The zero-order chi connectivity index (χ0) is 16.3. The number of hydrogen-bond donors (Lipinski definition) is 0. The summed E-state index contributed by atoms with van der Waals surface area (Å²) in [6.07, 6.45) is 5.31. The Labute approximate surface area is 132 Å². The minimum atomic E-state index is -0.193. The summed E-state index contributed by atoms with van der Waals surface area (Å²) in [6.45, 7) is 15.4. The predicted octanol–water partition coefficient (Wildman–Crippen LogP) is 3.92. The van der Waals surface area contributed by atoms with E-state index in [1.807, 2.05) is 11.9 Å². The van der Waals surface area contributed by atoms with Gasteiger partial charge in [-0.3, -0.25) is 9.69 Å². The van der Waals surface area contributed by atoms with E-state index in [4.69, 9.17) is 0 Å². The first kappa shape index (κ1) is 18.5. The highest BCUT2D eigenvalue weighted by Crippen LogP contribution is 2.32. The van der Waals surface area contributed by atoms with Crippen LogP contribution in [0.5, 0.6) is 0 Å². The highest BCUT2D eigenvalue weighted by molar-refractivity contribution is 5.82. The molecule has 1 unspecified atom stereocenters. The molecule has 0 radical (unpaired) electrons. The molecule has 21 heavy (non-hydrogen) atoms. The summed E-state index contributed by atoms with van der Waals surface area (Å²) in [5.74, 6) is 0.328. The van der Waals surface area contributed by atoms with Crippen LogP contribution in [0.15, 0.2) is 0 Å². The summed E-state index contributed by atoms with van der Waals surface area (Å²) >= 11 is 0. The van der Waals surface area contributed by atoms with Crippen LogP contribution in [0.2, 0.25) is 0 Å². The fraction of sp³-hybridized carbons (Fsp3) is 0.944. The molecular weight excluding hydrogens is 260 g/mol. The summed E-state index contributed by atoms with van der Waals surface area (Å²) < 4.78 is 0. The van der Waals surface area contributed by atoms with Gasteiger partial charge in [0.25, 0.3) is 0 Å². The van der Waals surface area contributed by atoms with E-state index in [1.165, 1.54) is 12.8 Å². The van der Waals surface area contributed by atoms with Crippen LogP contribution in [0.1, 0.15) is 73.6 Å². The molecule has 0 spiro atoms. The van der Waals surface area contributed by atoms with Gasteiger partial charge in [0.2, 0.25) is 5.91 Å². The molecule has 1 aliphatic rings. The lowest BCUT2D eigenvalue weighted by Gasteiger charge is -2.39. The van der Waals surface area contributed by atoms with Gasteiger partial charge in [0.05, 0.1) is 0 Å². The van der Waals surface area contributed by atoms with Crippen molar-refractivity contribution in [3.05, 3.63) is 0 Å². The average Bonchev–Trinajstić information content (AvgIpc) is 3.02. The van der Waals surface area contributed by atoms with E-state index in [0.29, 0.717) is 11.9 Å². The Morgan fingerprint density at radius 3 is 2.05 bits per heavy atom. The Bertz CT molecular complexity index is 345. The predicted molar refractivity (Wildman–Crippen MR) is 90.4 cm³/mol. The van der Waals surface area contributed by atoms with Crippen LogP contribution in [0.3, 0.4) is 0 Å². The lowest BCUT2D eigenvalue weighted by atomic mass is 9.83. The smallest absolute Gasteiger partial charge is 0.228 e. The van der Waals surface area contributed by atoms with E-state index in [9.17, 15) is 4.79 Å². The van der Waals surface area contributed by atoms with Gasteiger partial charge in [-0.25, -0.2) is 0 Å². The highest BCUT2D eigenvalue weighted by Gasteiger charge is 2.40. The van der Waals surface area contributed by atoms with Crippen molar-refractivity contribution in [2.75, 3.05) is 20.1 Å². The molecule has 1 atom stereocenters. The first-order chi connectivity index (χ1) is 9.77. The molecule has 1 saturated heterocycles. The molecule has 0 saturated carbocycles. The van der Waals surface area contributed by atoms with Crippen molar-refractivity contribution in [3.63, 3.8) is 0 Å².